The van der Waals surface area contributed by atoms with E-state index in [0.29, 0.717) is 22.3 Å². The SMILES string of the molecule is Cc1cc(C)c(NC(=O)CN(C)CC(=O)Nc2ccccc2SC(F)F)c(C)c1. The Balaban J connectivity index is 1.91. The molecule has 0 aromatic heterocycles. The number of likely N-dealkylation sites (N-methyl/N-ethyl adjacent to an activating group) is 1. The minimum Gasteiger partial charge on any atom is -0.324 e. The molecule has 0 aliphatic rings. The van der Waals surface area contributed by atoms with Crippen LogP contribution in [0.4, 0.5) is 20.2 Å². The summed E-state index contributed by atoms with van der Waals surface area (Å²) in [4.78, 5) is 26.5. The maximum absolute atomic E-state index is 12.6. The number of aryl methyl sites for hydroxylation is 3. The van der Waals surface area contributed by atoms with Gasteiger partial charge in [-0.1, -0.05) is 41.6 Å². The van der Waals surface area contributed by atoms with E-state index in [9.17, 15) is 18.4 Å². The lowest BCUT2D eigenvalue weighted by molar-refractivity contribution is -0.119. The van der Waals surface area contributed by atoms with E-state index < -0.39 is 5.76 Å². The molecule has 2 aromatic rings. The molecule has 2 N–H and O–H groups in total. The van der Waals surface area contributed by atoms with Crippen LogP contribution in [0, 0.1) is 20.8 Å². The van der Waals surface area contributed by atoms with Crippen molar-refractivity contribution in [2.24, 2.45) is 0 Å². The Morgan fingerprint density at radius 1 is 1.00 bits per heavy atom. The van der Waals surface area contributed by atoms with E-state index in [1.165, 1.54) is 6.07 Å². The molecule has 0 heterocycles. The first-order chi connectivity index (χ1) is 13.7. The molecular formula is C21H25F2N3O2S. The van der Waals surface area contributed by atoms with Gasteiger partial charge < -0.3 is 10.6 Å². The number of nitrogens with one attached hydrogen (secondary N) is 2. The number of benzene rings is 2. The molecule has 2 aromatic carbocycles. The van der Waals surface area contributed by atoms with E-state index in [1.807, 2.05) is 32.9 Å². The maximum atomic E-state index is 12.6. The average Bonchev–Trinajstić information content (AvgIpc) is 2.59. The molecule has 0 aliphatic carbocycles. The number of carbonyl (C=O) groups is 2. The van der Waals surface area contributed by atoms with Crippen LogP contribution in [-0.4, -0.2) is 42.6 Å². The Morgan fingerprint density at radius 2 is 1.55 bits per heavy atom. The quantitative estimate of drug-likeness (QED) is 0.619. The fraction of sp³-hybridized carbons (Fsp3) is 0.333. The van der Waals surface area contributed by atoms with Crippen LogP contribution in [0.25, 0.3) is 0 Å². The van der Waals surface area contributed by atoms with E-state index in [-0.39, 0.29) is 24.9 Å². The Morgan fingerprint density at radius 3 is 2.14 bits per heavy atom. The highest BCUT2D eigenvalue weighted by Crippen LogP contribution is 2.31. The predicted molar refractivity (Wildman–Crippen MR) is 114 cm³/mol. The number of carbonyl (C=O) groups excluding carboxylic acids is 2. The highest BCUT2D eigenvalue weighted by atomic mass is 32.2. The number of rotatable bonds is 8. The summed E-state index contributed by atoms with van der Waals surface area (Å²) < 4.78 is 25.3. The molecule has 5 nitrogen and oxygen atoms in total. The topological polar surface area (TPSA) is 61.4 Å². The summed E-state index contributed by atoms with van der Waals surface area (Å²) >= 11 is 0.376. The molecular weight excluding hydrogens is 396 g/mol. The summed E-state index contributed by atoms with van der Waals surface area (Å²) in [6.07, 6.45) is 0. The number of halogens is 2. The van der Waals surface area contributed by atoms with Crippen molar-refractivity contribution in [1.29, 1.82) is 0 Å². The lowest BCUT2D eigenvalue weighted by Crippen LogP contribution is -2.36. The van der Waals surface area contributed by atoms with E-state index in [1.54, 1.807) is 30.1 Å². The van der Waals surface area contributed by atoms with Gasteiger partial charge >= 0.3 is 0 Å². The van der Waals surface area contributed by atoms with Gasteiger partial charge in [0, 0.05) is 10.6 Å². The maximum Gasteiger partial charge on any atom is 0.288 e. The second-order valence-corrected chi connectivity index (χ2v) is 7.95. The molecule has 0 fully saturated rings. The Kier molecular flexibility index (Phi) is 8.16. The second-order valence-electron chi connectivity index (χ2n) is 6.92. The second kappa shape index (κ2) is 10.4. The minimum atomic E-state index is -2.58. The van der Waals surface area contributed by atoms with Gasteiger partial charge in [0.15, 0.2) is 0 Å². The lowest BCUT2D eigenvalue weighted by atomic mass is 10.1. The fourth-order valence-corrected chi connectivity index (χ4v) is 3.66. The third-order valence-corrected chi connectivity index (χ3v) is 4.93. The summed E-state index contributed by atoms with van der Waals surface area (Å²) in [5.41, 5.74) is 4.17. The Bertz CT molecular complexity index is 867. The largest absolute Gasteiger partial charge is 0.324 e. The predicted octanol–water partition coefficient (Wildman–Crippen LogP) is 4.44. The van der Waals surface area contributed by atoms with Crippen molar-refractivity contribution in [1.82, 2.24) is 4.90 Å². The number of amides is 2. The molecule has 0 saturated carbocycles. The van der Waals surface area contributed by atoms with Gasteiger partial charge in [-0.05, 0) is 51.1 Å². The third kappa shape index (κ3) is 7.14. The summed E-state index contributed by atoms with van der Waals surface area (Å²) in [7, 11) is 1.65. The Labute approximate surface area is 173 Å². The van der Waals surface area contributed by atoms with Crippen LogP contribution >= 0.6 is 11.8 Å². The van der Waals surface area contributed by atoms with Crippen molar-refractivity contribution in [3.63, 3.8) is 0 Å². The number of thioether (sulfide) groups is 1. The molecule has 0 bridgehead atoms. The van der Waals surface area contributed by atoms with Crippen molar-refractivity contribution in [3.8, 4) is 0 Å². The first kappa shape index (κ1) is 22.8. The normalized spacial score (nSPS) is 11.0. The standard InChI is InChI=1S/C21H25F2N3O2S/c1-13-9-14(2)20(15(3)10-13)25-19(28)12-26(4)11-18(27)24-16-7-5-6-8-17(16)29-21(22)23/h5-10,21H,11-12H2,1-4H3,(H,24,27)(H,25,28). The molecule has 8 heteroatoms. The zero-order valence-electron chi connectivity index (χ0n) is 16.9. The van der Waals surface area contributed by atoms with E-state index in [0.717, 1.165) is 22.4 Å². The van der Waals surface area contributed by atoms with E-state index >= 15 is 0 Å². The number of hydrogen-bond donors (Lipinski definition) is 2. The number of nitrogens with zero attached hydrogens (tertiary/aromatic N) is 1. The zero-order valence-corrected chi connectivity index (χ0v) is 17.7. The van der Waals surface area contributed by atoms with Crippen molar-refractivity contribution >= 4 is 35.0 Å². The van der Waals surface area contributed by atoms with Gasteiger partial charge in [0.1, 0.15) is 0 Å². The van der Waals surface area contributed by atoms with Gasteiger partial charge in [-0.15, -0.1) is 0 Å². The van der Waals surface area contributed by atoms with Crippen LogP contribution in [0.5, 0.6) is 0 Å². The molecule has 29 heavy (non-hydrogen) atoms. The number of para-hydroxylation sites is 1. The molecule has 2 amide bonds. The van der Waals surface area contributed by atoms with Gasteiger partial charge in [0.2, 0.25) is 11.8 Å². The molecule has 0 radical (unpaired) electrons. The van der Waals surface area contributed by atoms with Crippen LogP contribution in [0.15, 0.2) is 41.3 Å². The van der Waals surface area contributed by atoms with Crippen molar-refractivity contribution in [2.45, 2.75) is 31.4 Å². The number of anilines is 2. The molecule has 2 rings (SSSR count). The van der Waals surface area contributed by atoms with Gasteiger partial charge in [-0.3, -0.25) is 14.5 Å². The highest BCUT2D eigenvalue weighted by molar-refractivity contribution is 7.99. The number of alkyl halides is 2. The van der Waals surface area contributed by atoms with Crippen LogP contribution in [0.2, 0.25) is 0 Å². The molecule has 0 saturated heterocycles. The smallest absolute Gasteiger partial charge is 0.288 e. The van der Waals surface area contributed by atoms with Crippen molar-refractivity contribution < 1.29 is 18.4 Å². The molecule has 0 spiro atoms. The van der Waals surface area contributed by atoms with Crippen LogP contribution in [-0.2, 0) is 9.59 Å². The van der Waals surface area contributed by atoms with Gasteiger partial charge in [0.05, 0.1) is 18.8 Å². The van der Waals surface area contributed by atoms with Gasteiger partial charge in [-0.25, -0.2) is 0 Å². The lowest BCUT2D eigenvalue weighted by Gasteiger charge is -2.18. The monoisotopic (exact) mass is 421 g/mol. The summed E-state index contributed by atoms with van der Waals surface area (Å²) in [5, 5.41) is 5.52. The minimum absolute atomic E-state index is 0.0214. The molecule has 0 aliphatic heterocycles. The van der Waals surface area contributed by atoms with Gasteiger partial charge in [-0.2, -0.15) is 8.78 Å². The summed E-state index contributed by atoms with van der Waals surface area (Å²) in [6, 6.07) is 10.4. The third-order valence-electron chi connectivity index (χ3n) is 4.15. The number of hydrogen-bond acceptors (Lipinski definition) is 4. The van der Waals surface area contributed by atoms with Gasteiger partial charge in [0.25, 0.3) is 5.76 Å². The average molecular weight is 422 g/mol. The highest BCUT2D eigenvalue weighted by Gasteiger charge is 2.15. The van der Waals surface area contributed by atoms with Crippen LogP contribution in [0.3, 0.4) is 0 Å². The first-order valence-electron chi connectivity index (χ1n) is 9.05. The Hall–Kier alpha value is -2.45. The summed E-state index contributed by atoms with van der Waals surface area (Å²) in [6.45, 7) is 5.83. The fourth-order valence-electron chi connectivity index (χ4n) is 3.06. The molecule has 156 valence electrons. The van der Waals surface area contributed by atoms with E-state index in [2.05, 4.69) is 10.6 Å². The van der Waals surface area contributed by atoms with Crippen molar-refractivity contribution in [2.75, 3.05) is 30.8 Å². The van der Waals surface area contributed by atoms with Crippen LogP contribution < -0.4 is 10.6 Å². The zero-order chi connectivity index (χ0) is 21.6. The summed E-state index contributed by atoms with van der Waals surface area (Å²) in [5.74, 6) is -3.19. The molecule has 0 unspecified atom stereocenters. The van der Waals surface area contributed by atoms with E-state index in [4.69, 9.17) is 0 Å². The van der Waals surface area contributed by atoms with Crippen LogP contribution in [0.1, 0.15) is 16.7 Å². The molecule has 0 atom stereocenters. The first-order valence-corrected chi connectivity index (χ1v) is 9.93. The van der Waals surface area contributed by atoms with Crippen molar-refractivity contribution in [3.05, 3.63) is 53.1 Å².